The maximum absolute atomic E-state index is 12.9. The van der Waals surface area contributed by atoms with Crippen LogP contribution in [0.15, 0.2) is 12.1 Å². The van der Waals surface area contributed by atoms with E-state index in [9.17, 15) is 4.79 Å². The summed E-state index contributed by atoms with van der Waals surface area (Å²) in [6, 6.07) is 4.41. The molecule has 138 valence electrons. The molecule has 0 N–H and O–H groups in total. The Bertz CT molecular complexity index is 722. The van der Waals surface area contributed by atoms with Gasteiger partial charge in [-0.05, 0) is 93.1 Å². The van der Waals surface area contributed by atoms with Crippen molar-refractivity contribution in [3.8, 4) is 0 Å². The second kappa shape index (κ2) is 5.42. The summed E-state index contributed by atoms with van der Waals surface area (Å²) in [6.07, 6.45) is 16.8. The molecule has 0 atom stereocenters. The van der Waals surface area contributed by atoms with Gasteiger partial charge in [0.15, 0.2) is 5.78 Å². The summed E-state index contributed by atoms with van der Waals surface area (Å²) in [4.78, 5) is 18.2. The minimum atomic E-state index is 0.245. The van der Waals surface area contributed by atoms with E-state index in [0.717, 1.165) is 41.9 Å². The first-order valence-electron chi connectivity index (χ1n) is 11.2. The molecule has 6 aliphatic carbocycles. The van der Waals surface area contributed by atoms with Crippen molar-refractivity contribution < 1.29 is 4.79 Å². The molecule has 2 heteroatoms. The van der Waals surface area contributed by atoms with Crippen molar-refractivity contribution in [3.05, 3.63) is 29.1 Å². The van der Waals surface area contributed by atoms with Crippen LogP contribution in [0.3, 0.4) is 0 Å². The smallest absolute Gasteiger partial charge is 0.165 e. The number of hydrogen-bond donors (Lipinski definition) is 0. The van der Waals surface area contributed by atoms with Gasteiger partial charge in [0, 0.05) is 23.1 Å². The summed E-state index contributed by atoms with van der Waals surface area (Å²) < 4.78 is 0. The lowest BCUT2D eigenvalue weighted by Crippen LogP contribution is -2.49. The maximum atomic E-state index is 12.9. The molecular weight excluding hydrogens is 318 g/mol. The van der Waals surface area contributed by atoms with Crippen molar-refractivity contribution in [2.24, 2.45) is 23.2 Å². The molecule has 1 aromatic rings. The fraction of sp³-hybridized carbons (Fsp3) is 0.750. The summed E-state index contributed by atoms with van der Waals surface area (Å²) in [5.74, 6) is 3.22. The Morgan fingerprint density at radius 1 is 0.846 bits per heavy atom. The van der Waals surface area contributed by atoms with Crippen molar-refractivity contribution in [2.75, 3.05) is 0 Å². The van der Waals surface area contributed by atoms with Crippen molar-refractivity contribution in [1.82, 2.24) is 4.98 Å². The van der Waals surface area contributed by atoms with Gasteiger partial charge in [0.05, 0.1) is 5.69 Å². The van der Waals surface area contributed by atoms with E-state index in [0.29, 0.717) is 11.2 Å². The fourth-order valence-electron chi connectivity index (χ4n) is 8.12. The average Bonchev–Trinajstić information content (AvgIpc) is 2.60. The van der Waals surface area contributed by atoms with Gasteiger partial charge in [-0.15, -0.1) is 0 Å². The van der Waals surface area contributed by atoms with Gasteiger partial charge in [-0.25, -0.2) is 0 Å². The van der Waals surface area contributed by atoms with Crippen LogP contribution >= 0.6 is 0 Å². The fourth-order valence-corrected chi connectivity index (χ4v) is 8.12. The van der Waals surface area contributed by atoms with Crippen molar-refractivity contribution in [1.29, 1.82) is 0 Å². The first-order chi connectivity index (χ1) is 12.6. The highest BCUT2D eigenvalue weighted by Crippen LogP contribution is 2.60. The molecule has 5 saturated carbocycles. The summed E-state index contributed by atoms with van der Waals surface area (Å²) in [6.45, 7) is 0. The number of carbonyl (C=O) groups excluding carboxylic acids is 1. The van der Waals surface area contributed by atoms with Crippen LogP contribution in [0.25, 0.3) is 0 Å². The van der Waals surface area contributed by atoms with Crippen molar-refractivity contribution >= 4 is 5.78 Å². The van der Waals surface area contributed by atoms with Gasteiger partial charge >= 0.3 is 0 Å². The standard InChI is InChI=1S/C24H31NO/c26-21-15-23(6-2-1-3-7-23)14-20-19(21)4-5-22(25-20)24-11-16-8-17(12-24)10-18(9-16)13-24/h4-5,16-18H,1-3,6-15H2. The molecule has 7 rings (SSSR count). The zero-order valence-corrected chi connectivity index (χ0v) is 15.9. The Hall–Kier alpha value is -1.18. The van der Waals surface area contributed by atoms with E-state index in [4.69, 9.17) is 4.98 Å². The molecule has 0 aliphatic heterocycles. The third kappa shape index (κ3) is 2.29. The molecule has 4 bridgehead atoms. The van der Waals surface area contributed by atoms with Crippen LogP contribution in [0, 0.1) is 23.2 Å². The third-order valence-electron chi connectivity index (χ3n) is 8.85. The minimum Gasteiger partial charge on any atom is -0.294 e. The number of ketones is 1. The highest BCUT2D eigenvalue weighted by atomic mass is 16.1. The zero-order valence-electron chi connectivity index (χ0n) is 15.9. The topological polar surface area (TPSA) is 30.0 Å². The minimum absolute atomic E-state index is 0.245. The van der Waals surface area contributed by atoms with Crippen LogP contribution in [0.2, 0.25) is 0 Å². The van der Waals surface area contributed by atoms with Crippen LogP contribution in [0.1, 0.15) is 98.8 Å². The summed E-state index contributed by atoms with van der Waals surface area (Å²) in [5, 5.41) is 0. The maximum Gasteiger partial charge on any atom is 0.165 e. The molecule has 0 amide bonds. The van der Waals surface area contributed by atoms with Crippen LogP contribution < -0.4 is 0 Å². The lowest BCUT2D eigenvalue weighted by atomic mass is 9.48. The summed E-state index contributed by atoms with van der Waals surface area (Å²) in [5.41, 5.74) is 4.07. The molecule has 0 radical (unpaired) electrons. The van der Waals surface area contributed by atoms with Gasteiger partial charge in [0.25, 0.3) is 0 Å². The average molecular weight is 350 g/mol. The first-order valence-corrected chi connectivity index (χ1v) is 11.2. The summed E-state index contributed by atoms with van der Waals surface area (Å²) in [7, 11) is 0. The quantitative estimate of drug-likeness (QED) is 0.658. The Balaban J connectivity index is 1.38. The largest absolute Gasteiger partial charge is 0.294 e. The molecule has 0 aromatic carbocycles. The molecule has 5 fully saturated rings. The number of Topliss-reactive ketones (excluding diaryl/α,β-unsaturated/α-hetero) is 1. The molecule has 0 saturated heterocycles. The molecule has 6 aliphatic rings. The van der Waals surface area contributed by atoms with Gasteiger partial charge in [-0.2, -0.15) is 0 Å². The zero-order chi connectivity index (χ0) is 17.4. The number of aromatic nitrogens is 1. The number of carbonyl (C=O) groups is 1. The molecule has 0 unspecified atom stereocenters. The van der Waals surface area contributed by atoms with E-state index < -0.39 is 0 Å². The Kier molecular flexibility index (Phi) is 3.30. The van der Waals surface area contributed by atoms with E-state index in [1.807, 2.05) is 0 Å². The second-order valence-corrected chi connectivity index (χ2v) is 10.7. The van der Waals surface area contributed by atoms with Gasteiger partial charge in [-0.1, -0.05) is 19.3 Å². The normalized spacial score (nSPS) is 40.0. The van der Waals surface area contributed by atoms with Gasteiger partial charge in [0.1, 0.15) is 0 Å². The van der Waals surface area contributed by atoms with E-state index in [-0.39, 0.29) is 5.41 Å². The Morgan fingerprint density at radius 3 is 2.15 bits per heavy atom. The van der Waals surface area contributed by atoms with Gasteiger partial charge in [0.2, 0.25) is 0 Å². The van der Waals surface area contributed by atoms with E-state index in [2.05, 4.69) is 12.1 Å². The molecular formula is C24H31NO. The van der Waals surface area contributed by atoms with E-state index in [1.165, 1.54) is 76.3 Å². The monoisotopic (exact) mass is 349 g/mol. The number of fused-ring (bicyclic) bond motifs is 1. The summed E-state index contributed by atoms with van der Waals surface area (Å²) >= 11 is 0. The lowest BCUT2D eigenvalue weighted by molar-refractivity contribution is -0.00740. The Morgan fingerprint density at radius 2 is 1.50 bits per heavy atom. The predicted octanol–water partition coefficient (Wildman–Crippen LogP) is 5.63. The molecule has 1 heterocycles. The van der Waals surface area contributed by atoms with Crippen molar-refractivity contribution in [2.45, 2.75) is 88.9 Å². The van der Waals surface area contributed by atoms with Crippen molar-refractivity contribution in [3.63, 3.8) is 0 Å². The van der Waals surface area contributed by atoms with E-state index >= 15 is 0 Å². The number of nitrogens with zero attached hydrogens (tertiary/aromatic N) is 1. The highest BCUT2D eigenvalue weighted by Gasteiger charge is 2.52. The third-order valence-corrected chi connectivity index (χ3v) is 8.85. The van der Waals surface area contributed by atoms with Crippen LogP contribution in [0.5, 0.6) is 0 Å². The number of rotatable bonds is 1. The Labute approximate surface area is 157 Å². The predicted molar refractivity (Wildman–Crippen MR) is 102 cm³/mol. The molecule has 26 heavy (non-hydrogen) atoms. The first kappa shape index (κ1) is 15.8. The van der Waals surface area contributed by atoms with Crippen LogP contribution in [0.4, 0.5) is 0 Å². The van der Waals surface area contributed by atoms with E-state index in [1.54, 1.807) is 0 Å². The number of hydrogen-bond acceptors (Lipinski definition) is 2. The second-order valence-electron chi connectivity index (χ2n) is 10.7. The lowest BCUT2D eigenvalue weighted by Gasteiger charge is -2.56. The van der Waals surface area contributed by atoms with Crippen LogP contribution in [-0.2, 0) is 11.8 Å². The van der Waals surface area contributed by atoms with Gasteiger partial charge in [-0.3, -0.25) is 9.78 Å². The highest BCUT2D eigenvalue weighted by molar-refractivity contribution is 5.98. The molecule has 1 spiro atoms. The molecule has 1 aromatic heterocycles. The van der Waals surface area contributed by atoms with Gasteiger partial charge < -0.3 is 0 Å². The van der Waals surface area contributed by atoms with Crippen LogP contribution in [-0.4, -0.2) is 10.8 Å². The number of pyridine rings is 1. The molecule has 2 nitrogen and oxygen atoms in total. The SMILES string of the molecule is O=C1CC2(CCCCC2)Cc2nc(C34CC5CC(CC(C5)C3)C4)ccc21.